The second-order valence-electron chi connectivity index (χ2n) is 8.98. The van der Waals surface area contributed by atoms with Crippen molar-refractivity contribution in [2.24, 2.45) is 5.92 Å². The van der Waals surface area contributed by atoms with Crippen molar-refractivity contribution in [2.45, 2.75) is 57.6 Å². The molecule has 5 heteroatoms. The first kappa shape index (κ1) is 20.4. The lowest BCUT2D eigenvalue weighted by Gasteiger charge is -2.47. The summed E-state index contributed by atoms with van der Waals surface area (Å²) in [6, 6.07) is 12.7. The normalized spacial score (nSPS) is 21.0. The first-order valence-electron chi connectivity index (χ1n) is 10.8. The number of benzene rings is 1. The summed E-state index contributed by atoms with van der Waals surface area (Å²) in [5.74, 6) is 1.84. The number of nitrogens with zero attached hydrogens (tertiary/aromatic N) is 1. The van der Waals surface area contributed by atoms with Gasteiger partial charge in [-0.25, -0.2) is 0 Å². The molecule has 0 aliphatic carbocycles. The first-order valence-corrected chi connectivity index (χ1v) is 11.7. The van der Waals surface area contributed by atoms with Crippen LogP contribution in [0.4, 0.5) is 0 Å². The molecule has 0 radical (unpaired) electrons. The standard InChI is InChI=1S/C24H32N2O2S/c1-18(2)16-25-23(27)14-19-15-24(28-22-8-4-3-7-21(19)22)9-11-26(12-10-24)17-20-6-5-13-29-20/h3-8,13,18-19H,9-12,14-17H2,1-2H3,(H,25,27)/t19-/m0/s1. The third-order valence-corrected chi connectivity index (χ3v) is 7.03. The molecule has 4 rings (SSSR count). The molecule has 2 aromatic rings. The van der Waals surface area contributed by atoms with Crippen LogP contribution in [-0.4, -0.2) is 36.0 Å². The number of amides is 1. The summed E-state index contributed by atoms with van der Waals surface area (Å²) >= 11 is 1.83. The van der Waals surface area contributed by atoms with Crippen LogP contribution in [-0.2, 0) is 11.3 Å². The molecular formula is C24H32N2O2S. The fourth-order valence-corrected chi connectivity index (χ4v) is 5.33. The maximum atomic E-state index is 12.6. The molecule has 1 N–H and O–H groups in total. The lowest BCUT2D eigenvalue weighted by molar-refractivity contribution is -0.122. The quantitative estimate of drug-likeness (QED) is 0.740. The van der Waals surface area contributed by atoms with Crippen LogP contribution in [0.15, 0.2) is 41.8 Å². The highest BCUT2D eigenvalue weighted by Crippen LogP contribution is 2.46. The number of hydrogen-bond acceptors (Lipinski definition) is 4. The van der Waals surface area contributed by atoms with Crippen molar-refractivity contribution in [3.05, 3.63) is 52.2 Å². The minimum atomic E-state index is -0.136. The molecule has 2 aliphatic rings. The molecular weight excluding hydrogens is 380 g/mol. The molecule has 1 aromatic carbocycles. The fourth-order valence-electron chi connectivity index (χ4n) is 4.59. The zero-order chi connectivity index (χ0) is 20.3. The van der Waals surface area contributed by atoms with Gasteiger partial charge in [0.25, 0.3) is 0 Å². The molecule has 1 atom stereocenters. The van der Waals surface area contributed by atoms with Crippen LogP contribution in [0.2, 0.25) is 0 Å². The second kappa shape index (κ2) is 8.88. The van der Waals surface area contributed by atoms with E-state index in [4.69, 9.17) is 4.74 Å². The summed E-state index contributed by atoms with van der Waals surface area (Å²) in [7, 11) is 0. The number of piperidine rings is 1. The summed E-state index contributed by atoms with van der Waals surface area (Å²) in [6.07, 6.45) is 3.54. The predicted molar refractivity (Wildman–Crippen MR) is 118 cm³/mol. The Bertz CT molecular complexity index is 810. The Balaban J connectivity index is 1.43. The van der Waals surface area contributed by atoms with E-state index in [1.807, 2.05) is 17.4 Å². The number of ether oxygens (including phenoxy) is 1. The van der Waals surface area contributed by atoms with Gasteiger partial charge in [-0.3, -0.25) is 9.69 Å². The van der Waals surface area contributed by atoms with Crippen LogP contribution in [0, 0.1) is 5.92 Å². The van der Waals surface area contributed by atoms with Gasteiger partial charge in [-0.1, -0.05) is 38.1 Å². The van der Waals surface area contributed by atoms with Crippen molar-refractivity contribution in [1.82, 2.24) is 10.2 Å². The number of thiophene rings is 1. The molecule has 4 nitrogen and oxygen atoms in total. The Morgan fingerprint density at radius 1 is 1.24 bits per heavy atom. The SMILES string of the molecule is CC(C)CNC(=O)C[C@H]1CC2(CCN(Cc3cccs3)CC2)Oc2ccccc21. The van der Waals surface area contributed by atoms with E-state index < -0.39 is 0 Å². The topological polar surface area (TPSA) is 41.6 Å². The Hall–Kier alpha value is -1.85. The number of carbonyl (C=O) groups is 1. The van der Waals surface area contributed by atoms with Gasteiger partial charge >= 0.3 is 0 Å². The van der Waals surface area contributed by atoms with E-state index in [0.29, 0.717) is 12.3 Å². The summed E-state index contributed by atoms with van der Waals surface area (Å²) in [5, 5.41) is 5.25. The van der Waals surface area contributed by atoms with Gasteiger partial charge in [0, 0.05) is 43.4 Å². The van der Waals surface area contributed by atoms with Crippen LogP contribution in [0.25, 0.3) is 0 Å². The lowest BCUT2D eigenvalue weighted by Crippen LogP contribution is -2.50. The van der Waals surface area contributed by atoms with Gasteiger partial charge < -0.3 is 10.1 Å². The summed E-state index contributed by atoms with van der Waals surface area (Å²) in [5.41, 5.74) is 1.06. The van der Waals surface area contributed by atoms with Crippen molar-refractivity contribution in [2.75, 3.05) is 19.6 Å². The van der Waals surface area contributed by atoms with Crippen LogP contribution < -0.4 is 10.1 Å². The highest BCUT2D eigenvalue weighted by atomic mass is 32.1. The smallest absolute Gasteiger partial charge is 0.220 e. The highest BCUT2D eigenvalue weighted by molar-refractivity contribution is 7.09. The van der Waals surface area contributed by atoms with Gasteiger partial charge in [0.15, 0.2) is 0 Å². The van der Waals surface area contributed by atoms with Crippen LogP contribution in [0.1, 0.15) is 55.9 Å². The Kier molecular flexibility index (Phi) is 6.26. The minimum absolute atomic E-state index is 0.136. The van der Waals surface area contributed by atoms with Crippen molar-refractivity contribution >= 4 is 17.2 Å². The number of likely N-dealkylation sites (tertiary alicyclic amines) is 1. The number of rotatable bonds is 6. The third kappa shape index (κ3) is 5.01. The molecule has 1 fully saturated rings. The number of carbonyl (C=O) groups excluding carboxylic acids is 1. The molecule has 1 spiro atoms. The Morgan fingerprint density at radius 2 is 2.03 bits per heavy atom. The number of hydrogen-bond donors (Lipinski definition) is 1. The average molecular weight is 413 g/mol. The fraction of sp³-hybridized carbons (Fsp3) is 0.542. The van der Waals surface area contributed by atoms with E-state index in [1.54, 1.807) is 0 Å². The monoisotopic (exact) mass is 412 g/mol. The van der Waals surface area contributed by atoms with E-state index in [1.165, 1.54) is 10.4 Å². The molecule has 29 heavy (non-hydrogen) atoms. The zero-order valence-electron chi connectivity index (χ0n) is 17.5. The van der Waals surface area contributed by atoms with Gasteiger partial charge in [0.2, 0.25) is 5.91 Å². The van der Waals surface area contributed by atoms with Crippen LogP contribution in [0.5, 0.6) is 5.75 Å². The molecule has 0 unspecified atom stereocenters. The van der Waals surface area contributed by atoms with Crippen molar-refractivity contribution in [3.8, 4) is 5.75 Å². The van der Waals surface area contributed by atoms with Gasteiger partial charge in [0.05, 0.1) is 0 Å². The number of nitrogens with one attached hydrogen (secondary N) is 1. The largest absolute Gasteiger partial charge is 0.487 e. The molecule has 1 amide bonds. The number of fused-ring (bicyclic) bond motifs is 1. The third-order valence-electron chi connectivity index (χ3n) is 6.17. The average Bonchev–Trinajstić information content (AvgIpc) is 3.21. The molecule has 2 aliphatic heterocycles. The zero-order valence-corrected chi connectivity index (χ0v) is 18.3. The van der Waals surface area contributed by atoms with E-state index in [9.17, 15) is 4.79 Å². The maximum Gasteiger partial charge on any atom is 0.220 e. The van der Waals surface area contributed by atoms with Crippen molar-refractivity contribution in [3.63, 3.8) is 0 Å². The summed E-state index contributed by atoms with van der Waals surface area (Å²) in [4.78, 5) is 16.5. The molecule has 1 aromatic heterocycles. The predicted octanol–water partition coefficient (Wildman–Crippen LogP) is 4.81. The van der Waals surface area contributed by atoms with Gasteiger partial charge in [-0.05, 0) is 48.3 Å². The Labute approximate surface area is 178 Å². The number of para-hydroxylation sites is 1. The van der Waals surface area contributed by atoms with Crippen LogP contribution in [0.3, 0.4) is 0 Å². The van der Waals surface area contributed by atoms with Crippen molar-refractivity contribution in [1.29, 1.82) is 0 Å². The molecule has 156 valence electrons. The van der Waals surface area contributed by atoms with E-state index in [2.05, 4.69) is 59.8 Å². The Morgan fingerprint density at radius 3 is 2.76 bits per heavy atom. The van der Waals surface area contributed by atoms with Gasteiger partial charge in [-0.15, -0.1) is 11.3 Å². The summed E-state index contributed by atoms with van der Waals surface area (Å²) < 4.78 is 6.60. The second-order valence-corrected chi connectivity index (χ2v) is 10.0. The molecule has 0 bridgehead atoms. The minimum Gasteiger partial charge on any atom is -0.487 e. The molecule has 0 saturated carbocycles. The van der Waals surface area contributed by atoms with Gasteiger partial charge in [0.1, 0.15) is 11.4 Å². The first-order chi connectivity index (χ1) is 14.0. The van der Waals surface area contributed by atoms with E-state index >= 15 is 0 Å². The molecule has 3 heterocycles. The van der Waals surface area contributed by atoms with Gasteiger partial charge in [-0.2, -0.15) is 0 Å². The van der Waals surface area contributed by atoms with E-state index in [0.717, 1.165) is 51.2 Å². The van der Waals surface area contributed by atoms with Crippen molar-refractivity contribution < 1.29 is 9.53 Å². The van der Waals surface area contributed by atoms with E-state index in [-0.39, 0.29) is 17.4 Å². The van der Waals surface area contributed by atoms with Crippen LogP contribution >= 0.6 is 11.3 Å². The lowest BCUT2D eigenvalue weighted by atomic mass is 9.76. The highest BCUT2D eigenvalue weighted by Gasteiger charge is 2.43. The molecule has 1 saturated heterocycles. The summed E-state index contributed by atoms with van der Waals surface area (Å²) in [6.45, 7) is 8.13. The maximum absolute atomic E-state index is 12.6.